The van der Waals surface area contributed by atoms with Gasteiger partial charge in [0.25, 0.3) is 0 Å². The van der Waals surface area contributed by atoms with Gasteiger partial charge in [-0.25, -0.2) is 0 Å². The van der Waals surface area contributed by atoms with Gasteiger partial charge in [0, 0.05) is 25.2 Å². The van der Waals surface area contributed by atoms with Crippen molar-refractivity contribution in [1.29, 1.82) is 0 Å². The maximum absolute atomic E-state index is 11.0. The molecule has 0 radical (unpaired) electrons. The highest BCUT2D eigenvalue weighted by Crippen LogP contribution is 2.44. The van der Waals surface area contributed by atoms with E-state index in [1.54, 1.807) is 0 Å². The van der Waals surface area contributed by atoms with Gasteiger partial charge in [-0.2, -0.15) is 0 Å². The third kappa shape index (κ3) is 2.67. The molecule has 1 saturated heterocycles. The van der Waals surface area contributed by atoms with Crippen LogP contribution >= 0.6 is 0 Å². The lowest BCUT2D eigenvalue weighted by atomic mass is 9.62. The summed E-state index contributed by atoms with van der Waals surface area (Å²) in [5, 5.41) is 11.0. The lowest BCUT2D eigenvalue weighted by Crippen LogP contribution is -2.63. The molecule has 3 heteroatoms. The zero-order chi connectivity index (χ0) is 12.5. The molecule has 3 unspecified atom stereocenters. The Morgan fingerprint density at radius 1 is 1.12 bits per heavy atom. The zero-order valence-corrected chi connectivity index (χ0v) is 11.2. The van der Waals surface area contributed by atoms with Gasteiger partial charge < -0.3 is 15.6 Å². The van der Waals surface area contributed by atoms with Crippen LogP contribution in [0.1, 0.15) is 52.4 Å². The number of rotatable bonds is 1. The molecule has 0 aromatic carbocycles. The molecule has 0 aromatic heterocycles. The SMILES string of the molecule is CC1CC(C)CC(N)(C2(O)CCCOCC2)C1. The van der Waals surface area contributed by atoms with Gasteiger partial charge in [-0.15, -0.1) is 0 Å². The summed E-state index contributed by atoms with van der Waals surface area (Å²) in [6, 6.07) is 0. The van der Waals surface area contributed by atoms with E-state index in [0.29, 0.717) is 24.9 Å². The lowest BCUT2D eigenvalue weighted by Gasteiger charge is -2.50. The van der Waals surface area contributed by atoms with Crippen LogP contribution in [0.25, 0.3) is 0 Å². The van der Waals surface area contributed by atoms with Crippen LogP contribution in [0, 0.1) is 11.8 Å². The van der Waals surface area contributed by atoms with Crippen molar-refractivity contribution >= 4 is 0 Å². The summed E-state index contributed by atoms with van der Waals surface area (Å²) in [6.45, 7) is 5.93. The Balaban J connectivity index is 2.16. The van der Waals surface area contributed by atoms with Crippen molar-refractivity contribution in [2.45, 2.75) is 63.5 Å². The molecule has 1 aliphatic carbocycles. The fourth-order valence-corrected chi connectivity index (χ4v) is 3.99. The van der Waals surface area contributed by atoms with E-state index in [2.05, 4.69) is 13.8 Å². The van der Waals surface area contributed by atoms with Crippen molar-refractivity contribution in [3.63, 3.8) is 0 Å². The minimum Gasteiger partial charge on any atom is -0.388 e. The predicted octanol–water partition coefficient (Wildman–Crippen LogP) is 2.07. The maximum Gasteiger partial charge on any atom is 0.0849 e. The standard InChI is InChI=1S/C14H27NO2/c1-11-8-12(2)10-13(15,9-11)14(16)4-3-6-17-7-5-14/h11-12,16H,3-10,15H2,1-2H3. The topological polar surface area (TPSA) is 55.5 Å². The van der Waals surface area contributed by atoms with Gasteiger partial charge in [-0.05, 0) is 43.9 Å². The minimum absolute atomic E-state index is 0.405. The molecule has 1 heterocycles. The molecule has 0 bridgehead atoms. The van der Waals surface area contributed by atoms with Gasteiger partial charge in [-0.3, -0.25) is 0 Å². The van der Waals surface area contributed by atoms with Crippen molar-refractivity contribution < 1.29 is 9.84 Å². The van der Waals surface area contributed by atoms with E-state index in [4.69, 9.17) is 10.5 Å². The Morgan fingerprint density at radius 3 is 2.41 bits per heavy atom. The van der Waals surface area contributed by atoms with Crippen LogP contribution in [-0.2, 0) is 4.74 Å². The summed E-state index contributed by atoms with van der Waals surface area (Å²) in [6.07, 6.45) is 5.57. The van der Waals surface area contributed by atoms with Crippen LogP contribution < -0.4 is 5.73 Å². The van der Waals surface area contributed by atoms with Crippen molar-refractivity contribution in [2.24, 2.45) is 17.6 Å². The van der Waals surface area contributed by atoms with Crippen LogP contribution in [0.4, 0.5) is 0 Å². The van der Waals surface area contributed by atoms with Crippen LogP contribution in [0.5, 0.6) is 0 Å². The smallest absolute Gasteiger partial charge is 0.0849 e. The van der Waals surface area contributed by atoms with Crippen LogP contribution in [-0.4, -0.2) is 29.5 Å². The average Bonchev–Trinajstić information content (AvgIpc) is 2.42. The normalized spacial score (nSPS) is 48.7. The number of hydrogen-bond donors (Lipinski definition) is 2. The maximum atomic E-state index is 11.0. The van der Waals surface area contributed by atoms with Crippen molar-refractivity contribution in [3.05, 3.63) is 0 Å². The van der Waals surface area contributed by atoms with Crippen molar-refractivity contribution in [2.75, 3.05) is 13.2 Å². The van der Waals surface area contributed by atoms with Gasteiger partial charge in [-0.1, -0.05) is 13.8 Å². The fourth-order valence-electron chi connectivity index (χ4n) is 3.99. The highest BCUT2D eigenvalue weighted by molar-refractivity contribution is 5.07. The van der Waals surface area contributed by atoms with Crippen molar-refractivity contribution in [3.8, 4) is 0 Å². The van der Waals surface area contributed by atoms with Gasteiger partial charge in [0.1, 0.15) is 0 Å². The quantitative estimate of drug-likeness (QED) is 0.739. The first-order chi connectivity index (χ1) is 7.95. The molecule has 100 valence electrons. The second-order valence-electron chi connectivity index (χ2n) is 6.51. The highest BCUT2D eigenvalue weighted by Gasteiger charge is 2.50. The van der Waals surface area contributed by atoms with Crippen LogP contribution in [0.3, 0.4) is 0 Å². The Bertz CT molecular complexity index is 249. The van der Waals surface area contributed by atoms with Crippen molar-refractivity contribution in [1.82, 2.24) is 0 Å². The molecule has 2 rings (SSSR count). The van der Waals surface area contributed by atoms with Crippen LogP contribution in [0.15, 0.2) is 0 Å². The molecular weight excluding hydrogens is 214 g/mol. The van der Waals surface area contributed by atoms with E-state index in [9.17, 15) is 5.11 Å². The average molecular weight is 241 g/mol. The van der Waals surface area contributed by atoms with Crippen LogP contribution in [0.2, 0.25) is 0 Å². The molecule has 3 N–H and O–H groups in total. The molecule has 1 saturated carbocycles. The Kier molecular flexibility index (Phi) is 3.81. The summed E-state index contributed by atoms with van der Waals surface area (Å²) in [4.78, 5) is 0. The molecular formula is C14H27NO2. The summed E-state index contributed by atoms with van der Waals surface area (Å²) in [5.41, 5.74) is 5.49. The van der Waals surface area contributed by atoms with Gasteiger partial charge >= 0.3 is 0 Å². The Morgan fingerprint density at radius 2 is 1.76 bits per heavy atom. The monoisotopic (exact) mass is 241 g/mol. The summed E-state index contributed by atoms with van der Waals surface area (Å²) in [5.74, 6) is 1.24. The van der Waals surface area contributed by atoms with Gasteiger partial charge in [0.15, 0.2) is 0 Å². The predicted molar refractivity (Wildman–Crippen MR) is 68.7 cm³/mol. The number of aliphatic hydroxyl groups is 1. The third-order valence-electron chi connectivity index (χ3n) is 4.70. The third-order valence-corrected chi connectivity index (χ3v) is 4.70. The first kappa shape index (κ1) is 13.3. The molecule has 3 atom stereocenters. The zero-order valence-electron chi connectivity index (χ0n) is 11.2. The van der Waals surface area contributed by atoms with E-state index >= 15 is 0 Å². The Hall–Kier alpha value is -0.120. The highest BCUT2D eigenvalue weighted by atomic mass is 16.5. The Labute approximate surface area is 105 Å². The summed E-state index contributed by atoms with van der Waals surface area (Å²) in [7, 11) is 0. The first-order valence-corrected chi connectivity index (χ1v) is 7.04. The largest absolute Gasteiger partial charge is 0.388 e. The lowest BCUT2D eigenvalue weighted by molar-refractivity contribution is -0.0796. The van der Waals surface area contributed by atoms with E-state index in [-0.39, 0.29) is 0 Å². The van der Waals surface area contributed by atoms with Gasteiger partial charge in [0.2, 0.25) is 0 Å². The number of nitrogens with two attached hydrogens (primary N) is 1. The molecule has 0 aromatic rings. The van der Waals surface area contributed by atoms with E-state index in [1.807, 2.05) is 0 Å². The van der Waals surface area contributed by atoms with Gasteiger partial charge in [0.05, 0.1) is 5.60 Å². The molecule has 1 aliphatic heterocycles. The number of hydrogen-bond acceptors (Lipinski definition) is 3. The first-order valence-electron chi connectivity index (χ1n) is 7.04. The van der Waals surface area contributed by atoms with E-state index in [0.717, 1.165) is 32.3 Å². The molecule has 3 nitrogen and oxygen atoms in total. The van der Waals surface area contributed by atoms with E-state index < -0.39 is 11.1 Å². The summed E-state index contributed by atoms with van der Waals surface area (Å²) >= 11 is 0. The second kappa shape index (κ2) is 4.87. The molecule has 17 heavy (non-hydrogen) atoms. The van der Waals surface area contributed by atoms with E-state index in [1.165, 1.54) is 6.42 Å². The molecule has 2 fully saturated rings. The summed E-state index contributed by atoms with van der Waals surface area (Å²) < 4.78 is 5.46. The molecule has 0 amide bonds. The molecule has 0 spiro atoms. The second-order valence-corrected chi connectivity index (χ2v) is 6.51. The fraction of sp³-hybridized carbons (Fsp3) is 1.00. The molecule has 2 aliphatic rings. The minimum atomic E-state index is -0.716. The number of ether oxygens (including phenoxy) is 1.